The molecular formula is C13H23N3OS2. The second kappa shape index (κ2) is 9.23. The maximum Gasteiger partial charge on any atom is 0.166 e. The van der Waals surface area contributed by atoms with Crippen molar-refractivity contribution in [3.63, 3.8) is 0 Å². The minimum Gasteiger partial charge on any atom is -0.465 e. The molecule has 0 radical (unpaired) electrons. The summed E-state index contributed by atoms with van der Waals surface area (Å²) in [6.45, 7) is 1.76. The normalized spacial score (nSPS) is 10.7. The Morgan fingerprint density at radius 1 is 1.32 bits per heavy atom. The molecule has 108 valence electrons. The average Bonchev–Trinajstić information content (AvgIpc) is 2.79. The standard InChI is InChI=1S/C13H23N3OS2/c1-14-13(18)15-7-9-19-8-6-11-4-5-12(17-11)10-16(2)3/h4-5H,6-10H2,1-3H3,(H2,14,15,18). The molecule has 1 heterocycles. The lowest BCUT2D eigenvalue weighted by atomic mass is 10.3. The molecule has 4 nitrogen and oxygen atoms in total. The smallest absolute Gasteiger partial charge is 0.166 e. The molecule has 0 fully saturated rings. The van der Waals surface area contributed by atoms with E-state index in [1.165, 1.54) is 0 Å². The van der Waals surface area contributed by atoms with E-state index in [-0.39, 0.29) is 0 Å². The summed E-state index contributed by atoms with van der Waals surface area (Å²) in [5, 5.41) is 6.73. The van der Waals surface area contributed by atoms with Crippen molar-refractivity contribution in [2.75, 3.05) is 39.2 Å². The molecule has 0 aliphatic carbocycles. The molecule has 0 atom stereocenters. The van der Waals surface area contributed by atoms with Gasteiger partial charge in [-0.2, -0.15) is 11.8 Å². The topological polar surface area (TPSA) is 40.4 Å². The summed E-state index contributed by atoms with van der Waals surface area (Å²) in [5.74, 6) is 4.23. The predicted molar refractivity (Wildman–Crippen MR) is 86.8 cm³/mol. The van der Waals surface area contributed by atoms with E-state index in [4.69, 9.17) is 16.6 Å². The number of hydrogen-bond acceptors (Lipinski definition) is 4. The van der Waals surface area contributed by atoms with Crippen LogP contribution < -0.4 is 10.6 Å². The fraction of sp³-hybridized carbons (Fsp3) is 0.615. The van der Waals surface area contributed by atoms with Crippen LogP contribution in [0.15, 0.2) is 16.5 Å². The van der Waals surface area contributed by atoms with Crippen LogP contribution in [0.3, 0.4) is 0 Å². The Balaban J connectivity index is 2.09. The van der Waals surface area contributed by atoms with E-state index < -0.39 is 0 Å². The highest BCUT2D eigenvalue weighted by Gasteiger charge is 2.03. The molecule has 0 unspecified atom stereocenters. The van der Waals surface area contributed by atoms with Gasteiger partial charge in [0.1, 0.15) is 11.5 Å². The molecule has 1 aromatic rings. The van der Waals surface area contributed by atoms with Crippen molar-refractivity contribution in [1.82, 2.24) is 15.5 Å². The van der Waals surface area contributed by atoms with Gasteiger partial charge in [-0.1, -0.05) is 0 Å². The quantitative estimate of drug-likeness (QED) is 0.563. The first-order chi connectivity index (χ1) is 9.11. The van der Waals surface area contributed by atoms with E-state index in [2.05, 4.69) is 27.7 Å². The van der Waals surface area contributed by atoms with Crippen molar-refractivity contribution in [3.05, 3.63) is 23.7 Å². The third-order valence-corrected chi connectivity index (χ3v) is 3.78. The Morgan fingerprint density at radius 3 is 2.74 bits per heavy atom. The number of thiocarbonyl (C=S) groups is 1. The SMILES string of the molecule is CNC(=S)NCCSCCc1ccc(CN(C)C)o1. The Morgan fingerprint density at radius 2 is 2.05 bits per heavy atom. The summed E-state index contributed by atoms with van der Waals surface area (Å²) < 4.78 is 5.76. The van der Waals surface area contributed by atoms with E-state index in [1.807, 2.05) is 32.9 Å². The Labute approximate surface area is 125 Å². The predicted octanol–water partition coefficient (Wildman–Crippen LogP) is 1.71. The van der Waals surface area contributed by atoms with Gasteiger partial charge in [0.25, 0.3) is 0 Å². The second-order valence-corrected chi connectivity index (χ2v) is 6.11. The summed E-state index contributed by atoms with van der Waals surface area (Å²) in [7, 11) is 5.91. The van der Waals surface area contributed by atoms with Gasteiger partial charge in [0, 0.05) is 31.5 Å². The molecule has 0 amide bonds. The lowest BCUT2D eigenvalue weighted by molar-refractivity contribution is 0.342. The molecule has 6 heteroatoms. The Kier molecular flexibility index (Phi) is 7.93. The van der Waals surface area contributed by atoms with Crippen molar-refractivity contribution in [3.8, 4) is 0 Å². The first-order valence-electron chi connectivity index (χ1n) is 6.37. The summed E-state index contributed by atoms with van der Waals surface area (Å²) in [4.78, 5) is 2.10. The van der Waals surface area contributed by atoms with E-state index in [1.54, 1.807) is 0 Å². The lowest BCUT2D eigenvalue weighted by Crippen LogP contribution is -2.33. The summed E-state index contributed by atoms with van der Waals surface area (Å²) in [6, 6.07) is 4.14. The third-order valence-electron chi connectivity index (χ3n) is 2.44. The van der Waals surface area contributed by atoms with E-state index in [0.717, 1.165) is 42.5 Å². The molecule has 0 bridgehead atoms. The van der Waals surface area contributed by atoms with Gasteiger partial charge in [0.15, 0.2) is 5.11 Å². The largest absolute Gasteiger partial charge is 0.465 e. The van der Waals surface area contributed by atoms with Gasteiger partial charge in [0.2, 0.25) is 0 Å². The number of hydrogen-bond donors (Lipinski definition) is 2. The van der Waals surface area contributed by atoms with E-state index >= 15 is 0 Å². The first-order valence-corrected chi connectivity index (χ1v) is 7.93. The highest BCUT2D eigenvalue weighted by molar-refractivity contribution is 7.99. The van der Waals surface area contributed by atoms with Crippen LogP contribution in [0.1, 0.15) is 11.5 Å². The Bertz CT molecular complexity index is 380. The fourth-order valence-corrected chi connectivity index (χ4v) is 2.45. The maximum atomic E-state index is 5.76. The van der Waals surface area contributed by atoms with Gasteiger partial charge in [0.05, 0.1) is 6.54 Å². The molecule has 0 saturated heterocycles. The van der Waals surface area contributed by atoms with Crippen molar-refractivity contribution in [2.45, 2.75) is 13.0 Å². The second-order valence-electron chi connectivity index (χ2n) is 4.47. The van der Waals surface area contributed by atoms with Crippen molar-refractivity contribution in [2.24, 2.45) is 0 Å². The molecule has 0 aromatic carbocycles. The highest BCUT2D eigenvalue weighted by atomic mass is 32.2. The van der Waals surface area contributed by atoms with E-state index in [9.17, 15) is 0 Å². The molecule has 0 spiro atoms. The van der Waals surface area contributed by atoms with Gasteiger partial charge >= 0.3 is 0 Å². The summed E-state index contributed by atoms with van der Waals surface area (Å²) >= 11 is 6.90. The van der Waals surface area contributed by atoms with Gasteiger partial charge in [-0.15, -0.1) is 0 Å². The average molecular weight is 301 g/mol. The molecule has 1 aromatic heterocycles. The molecule has 0 saturated carbocycles. The van der Waals surface area contributed by atoms with Crippen molar-refractivity contribution < 1.29 is 4.42 Å². The van der Waals surface area contributed by atoms with Crippen LogP contribution in [0.5, 0.6) is 0 Å². The molecule has 1 rings (SSSR count). The third kappa shape index (κ3) is 7.44. The zero-order valence-corrected chi connectivity index (χ0v) is 13.5. The van der Waals surface area contributed by atoms with Gasteiger partial charge in [-0.05, 0) is 38.4 Å². The van der Waals surface area contributed by atoms with Crippen LogP contribution in [0.2, 0.25) is 0 Å². The first kappa shape index (κ1) is 16.3. The maximum absolute atomic E-state index is 5.76. The number of nitrogens with zero attached hydrogens (tertiary/aromatic N) is 1. The number of furan rings is 1. The summed E-state index contributed by atoms with van der Waals surface area (Å²) in [5.41, 5.74) is 0. The minimum absolute atomic E-state index is 0.708. The molecular weight excluding hydrogens is 278 g/mol. The molecule has 2 N–H and O–H groups in total. The van der Waals surface area contributed by atoms with Gasteiger partial charge < -0.3 is 20.0 Å². The van der Waals surface area contributed by atoms with Crippen LogP contribution in [-0.4, -0.2) is 49.2 Å². The zero-order valence-electron chi connectivity index (χ0n) is 11.9. The number of rotatable bonds is 8. The van der Waals surface area contributed by atoms with Crippen LogP contribution in [0, 0.1) is 0 Å². The van der Waals surface area contributed by atoms with Crippen molar-refractivity contribution in [1.29, 1.82) is 0 Å². The van der Waals surface area contributed by atoms with Gasteiger partial charge in [-0.3, -0.25) is 0 Å². The molecule has 19 heavy (non-hydrogen) atoms. The van der Waals surface area contributed by atoms with Crippen LogP contribution in [0.4, 0.5) is 0 Å². The number of aryl methyl sites for hydroxylation is 1. The van der Waals surface area contributed by atoms with E-state index in [0.29, 0.717) is 5.11 Å². The van der Waals surface area contributed by atoms with Crippen LogP contribution in [0.25, 0.3) is 0 Å². The summed E-state index contributed by atoms with van der Waals surface area (Å²) in [6.07, 6.45) is 0.981. The monoisotopic (exact) mass is 301 g/mol. The lowest BCUT2D eigenvalue weighted by Gasteiger charge is -2.06. The Hall–Kier alpha value is -0.720. The fourth-order valence-electron chi connectivity index (χ4n) is 1.55. The zero-order chi connectivity index (χ0) is 14.1. The van der Waals surface area contributed by atoms with Crippen LogP contribution in [-0.2, 0) is 13.0 Å². The van der Waals surface area contributed by atoms with Crippen molar-refractivity contribution >= 4 is 29.1 Å². The minimum atomic E-state index is 0.708. The number of nitrogens with one attached hydrogen (secondary N) is 2. The highest BCUT2D eigenvalue weighted by Crippen LogP contribution is 2.12. The van der Waals surface area contributed by atoms with Crippen LogP contribution >= 0.6 is 24.0 Å². The number of thioether (sulfide) groups is 1. The van der Waals surface area contributed by atoms with Gasteiger partial charge in [-0.25, -0.2) is 0 Å². The molecule has 0 aliphatic heterocycles. The molecule has 0 aliphatic rings.